The zero-order valence-corrected chi connectivity index (χ0v) is 16.8. The van der Waals surface area contributed by atoms with Crippen LogP contribution in [-0.4, -0.2) is 42.2 Å². The van der Waals surface area contributed by atoms with E-state index in [0.717, 1.165) is 37.6 Å². The minimum absolute atomic E-state index is 0.181. The summed E-state index contributed by atoms with van der Waals surface area (Å²) < 4.78 is 5.45. The first-order valence-corrected chi connectivity index (χ1v) is 10.1. The first-order chi connectivity index (χ1) is 13.6. The lowest BCUT2D eigenvalue weighted by Crippen LogP contribution is -2.36. The second-order valence-corrected chi connectivity index (χ2v) is 7.64. The van der Waals surface area contributed by atoms with Crippen molar-refractivity contribution in [2.75, 3.05) is 36.5 Å². The van der Waals surface area contributed by atoms with Crippen molar-refractivity contribution in [1.82, 2.24) is 9.97 Å². The molecule has 0 unspecified atom stereocenters. The molecule has 3 heterocycles. The standard InChI is InChI=1S/C21H22N4O2S/c1-14-11-17(25-7-9-27-10-8-25)12-15(2)19(14)18-13-28-21(23-18)24-20(26)16-3-5-22-6-4-16/h3-6,11-13H,7-10H2,1-2H3,(H,23,24,26). The van der Waals surface area contributed by atoms with Gasteiger partial charge in [-0.2, -0.15) is 0 Å². The molecule has 1 aliphatic rings. The summed E-state index contributed by atoms with van der Waals surface area (Å²) in [5.41, 5.74) is 6.16. The topological polar surface area (TPSA) is 67.3 Å². The molecule has 1 saturated heterocycles. The number of amides is 1. The first-order valence-electron chi connectivity index (χ1n) is 9.23. The van der Waals surface area contributed by atoms with Crippen LogP contribution in [0.1, 0.15) is 21.5 Å². The molecule has 0 atom stereocenters. The van der Waals surface area contributed by atoms with E-state index in [4.69, 9.17) is 4.74 Å². The Kier molecular flexibility index (Phi) is 5.36. The quantitative estimate of drug-likeness (QED) is 0.727. The predicted octanol–water partition coefficient (Wildman–Crippen LogP) is 3.91. The molecular weight excluding hydrogens is 372 g/mol. The summed E-state index contributed by atoms with van der Waals surface area (Å²) in [6, 6.07) is 7.79. The number of anilines is 2. The molecule has 4 rings (SSSR count). The Hall–Kier alpha value is -2.77. The van der Waals surface area contributed by atoms with Gasteiger partial charge in [0.25, 0.3) is 5.91 Å². The number of aromatic nitrogens is 2. The summed E-state index contributed by atoms with van der Waals surface area (Å²) >= 11 is 1.43. The Morgan fingerprint density at radius 3 is 2.50 bits per heavy atom. The van der Waals surface area contributed by atoms with E-state index in [0.29, 0.717) is 10.7 Å². The Labute approximate surface area is 168 Å². The minimum atomic E-state index is -0.181. The molecule has 0 saturated carbocycles. The van der Waals surface area contributed by atoms with Crippen LogP contribution in [0, 0.1) is 13.8 Å². The van der Waals surface area contributed by atoms with Gasteiger partial charge in [-0.1, -0.05) is 0 Å². The van der Waals surface area contributed by atoms with Crippen LogP contribution in [-0.2, 0) is 4.74 Å². The predicted molar refractivity (Wildman–Crippen MR) is 112 cm³/mol. The summed E-state index contributed by atoms with van der Waals surface area (Å²) in [6.07, 6.45) is 3.20. The Balaban J connectivity index is 1.55. The van der Waals surface area contributed by atoms with Crippen molar-refractivity contribution in [1.29, 1.82) is 0 Å². The van der Waals surface area contributed by atoms with E-state index in [2.05, 4.69) is 46.2 Å². The molecule has 1 N–H and O–H groups in total. The number of rotatable bonds is 4. The molecule has 1 aliphatic heterocycles. The minimum Gasteiger partial charge on any atom is -0.378 e. The van der Waals surface area contributed by atoms with Crippen molar-refractivity contribution in [3.63, 3.8) is 0 Å². The zero-order chi connectivity index (χ0) is 19.5. The molecule has 144 valence electrons. The largest absolute Gasteiger partial charge is 0.378 e. The maximum Gasteiger partial charge on any atom is 0.257 e. The summed E-state index contributed by atoms with van der Waals surface area (Å²) in [4.78, 5) is 23.3. The lowest BCUT2D eigenvalue weighted by molar-refractivity contribution is 0.102. The average Bonchev–Trinajstić information content (AvgIpc) is 3.16. The van der Waals surface area contributed by atoms with Gasteiger partial charge in [0.1, 0.15) is 0 Å². The van der Waals surface area contributed by atoms with Gasteiger partial charge in [0.15, 0.2) is 5.13 Å². The second-order valence-electron chi connectivity index (χ2n) is 6.78. The highest BCUT2D eigenvalue weighted by atomic mass is 32.1. The highest BCUT2D eigenvalue weighted by Gasteiger charge is 2.17. The van der Waals surface area contributed by atoms with Gasteiger partial charge in [0.05, 0.1) is 18.9 Å². The van der Waals surface area contributed by atoms with Crippen LogP contribution in [0.25, 0.3) is 11.3 Å². The van der Waals surface area contributed by atoms with Crippen LogP contribution in [0.4, 0.5) is 10.8 Å². The van der Waals surface area contributed by atoms with Gasteiger partial charge in [-0.05, 0) is 49.2 Å². The van der Waals surface area contributed by atoms with Gasteiger partial charge in [-0.15, -0.1) is 11.3 Å². The molecule has 6 nitrogen and oxygen atoms in total. The monoisotopic (exact) mass is 394 g/mol. The van der Waals surface area contributed by atoms with Crippen molar-refractivity contribution in [3.05, 3.63) is 58.7 Å². The van der Waals surface area contributed by atoms with Crippen LogP contribution in [0.5, 0.6) is 0 Å². The fraction of sp³-hybridized carbons (Fsp3) is 0.286. The number of aryl methyl sites for hydroxylation is 2. The second kappa shape index (κ2) is 8.08. The molecule has 1 amide bonds. The van der Waals surface area contributed by atoms with Gasteiger partial charge < -0.3 is 9.64 Å². The lowest BCUT2D eigenvalue weighted by Gasteiger charge is -2.29. The number of morpholine rings is 1. The lowest BCUT2D eigenvalue weighted by atomic mass is 9.99. The van der Waals surface area contributed by atoms with Gasteiger partial charge in [0.2, 0.25) is 0 Å². The fourth-order valence-electron chi connectivity index (χ4n) is 3.47. The van der Waals surface area contributed by atoms with Crippen molar-refractivity contribution >= 4 is 28.1 Å². The zero-order valence-electron chi connectivity index (χ0n) is 15.9. The number of carbonyl (C=O) groups is 1. The Morgan fingerprint density at radius 2 is 1.82 bits per heavy atom. The normalized spacial score (nSPS) is 14.1. The van der Waals surface area contributed by atoms with Crippen LogP contribution in [0.15, 0.2) is 42.0 Å². The van der Waals surface area contributed by atoms with Crippen LogP contribution >= 0.6 is 11.3 Å². The number of thiazole rings is 1. The van der Waals surface area contributed by atoms with E-state index in [9.17, 15) is 4.79 Å². The van der Waals surface area contributed by atoms with Crippen molar-refractivity contribution < 1.29 is 9.53 Å². The van der Waals surface area contributed by atoms with Crippen molar-refractivity contribution in [3.8, 4) is 11.3 Å². The van der Waals surface area contributed by atoms with E-state index in [1.165, 1.54) is 28.2 Å². The molecule has 0 spiro atoms. The number of nitrogens with zero attached hydrogens (tertiary/aromatic N) is 3. The molecule has 2 aromatic heterocycles. The SMILES string of the molecule is Cc1cc(N2CCOCC2)cc(C)c1-c1csc(NC(=O)c2ccncc2)n1. The first kappa shape index (κ1) is 18.6. The maximum atomic E-state index is 12.3. The third-order valence-corrected chi connectivity index (χ3v) is 5.57. The number of ether oxygens (including phenoxy) is 1. The molecule has 0 radical (unpaired) electrons. The number of hydrogen-bond donors (Lipinski definition) is 1. The van der Waals surface area contributed by atoms with Crippen LogP contribution in [0.2, 0.25) is 0 Å². The molecule has 1 fully saturated rings. The molecule has 3 aromatic rings. The van der Waals surface area contributed by atoms with E-state index in [1.54, 1.807) is 24.5 Å². The van der Waals surface area contributed by atoms with Gasteiger partial charge in [-0.3, -0.25) is 15.1 Å². The summed E-state index contributed by atoms with van der Waals surface area (Å²) in [5, 5.41) is 5.45. The highest BCUT2D eigenvalue weighted by Crippen LogP contribution is 2.33. The highest BCUT2D eigenvalue weighted by molar-refractivity contribution is 7.14. The summed E-state index contributed by atoms with van der Waals surface area (Å²) in [6.45, 7) is 7.60. The number of nitrogens with one attached hydrogen (secondary N) is 1. The molecule has 0 aliphatic carbocycles. The van der Waals surface area contributed by atoms with Crippen LogP contribution in [0.3, 0.4) is 0 Å². The van der Waals surface area contributed by atoms with Gasteiger partial charge in [-0.25, -0.2) is 4.98 Å². The number of carbonyl (C=O) groups excluding carboxylic acids is 1. The van der Waals surface area contributed by atoms with Crippen molar-refractivity contribution in [2.45, 2.75) is 13.8 Å². The number of pyridine rings is 1. The smallest absolute Gasteiger partial charge is 0.257 e. The Bertz CT molecular complexity index is 958. The number of hydrogen-bond acceptors (Lipinski definition) is 6. The third-order valence-electron chi connectivity index (χ3n) is 4.82. The van der Waals surface area contributed by atoms with Gasteiger partial charge in [0, 0.05) is 47.7 Å². The molecular formula is C21H22N4O2S. The van der Waals surface area contributed by atoms with Crippen LogP contribution < -0.4 is 10.2 Å². The fourth-order valence-corrected chi connectivity index (χ4v) is 4.16. The molecule has 1 aromatic carbocycles. The number of benzene rings is 1. The Morgan fingerprint density at radius 1 is 1.14 bits per heavy atom. The molecule has 28 heavy (non-hydrogen) atoms. The third kappa shape index (κ3) is 3.90. The van der Waals surface area contributed by atoms with Gasteiger partial charge >= 0.3 is 0 Å². The van der Waals surface area contributed by atoms with Crippen molar-refractivity contribution in [2.24, 2.45) is 0 Å². The van der Waals surface area contributed by atoms with E-state index in [-0.39, 0.29) is 5.91 Å². The van der Waals surface area contributed by atoms with E-state index in [1.807, 2.05) is 5.38 Å². The average molecular weight is 395 g/mol. The van der Waals surface area contributed by atoms with E-state index < -0.39 is 0 Å². The molecule has 7 heteroatoms. The summed E-state index contributed by atoms with van der Waals surface area (Å²) in [7, 11) is 0. The van der Waals surface area contributed by atoms with E-state index >= 15 is 0 Å². The maximum absolute atomic E-state index is 12.3. The molecule has 0 bridgehead atoms. The summed E-state index contributed by atoms with van der Waals surface area (Å²) in [5.74, 6) is -0.181.